The second-order valence-electron chi connectivity index (χ2n) is 7.22. The molecule has 0 saturated heterocycles. The van der Waals surface area contributed by atoms with Gasteiger partial charge in [0.15, 0.2) is 0 Å². The van der Waals surface area contributed by atoms with E-state index in [1.807, 2.05) is 12.1 Å². The minimum Gasteiger partial charge on any atom is -0.495 e. The number of hydrogen-bond acceptors (Lipinski definition) is 6. The van der Waals surface area contributed by atoms with Gasteiger partial charge < -0.3 is 14.5 Å². The van der Waals surface area contributed by atoms with Crippen molar-refractivity contribution in [3.05, 3.63) is 47.9 Å². The van der Waals surface area contributed by atoms with Crippen molar-refractivity contribution >= 4 is 15.9 Å². The lowest BCUT2D eigenvalue weighted by Crippen LogP contribution is -2.38. The van der Waals surface area contributed by atoms with E-state index in [0.29, 0.717) is 6.54 Å². The standard InChI is InChI=1S/C21H29N3O5S/c1-4-24(5-2)17(18-7-6-12-29-18)14-22-21(25)15-8-11-19(28-3)20(13-15)30(26,27)23-16-9-10-16/h6-8,11-13,16-17,23H,4-5,9-10,14H2,1-3H3,(H,22,25). The largest absolute Gasteiger partial charge is 0.495 e. The lowest BCUT2D eigenvalue weighted by atomic mass is 10.1. The third kappa shape index (κ3) is 5.21. The van der Waals surface area contributed by atoms with E-state index in [4.69, 9.17) is 9.15 Å². The zero-order chi connectivity index (χ0) is 21.7. The number of furan rings is 1. The van der Waals surface area contributed by atoms with Crippen LogP contribution in [0.4, 0.5) is 0 Å². The summed E-state index contributed by atoms with van der Waals surface area (Å²) >= 11 is 0. The van der Waals surface area contributed by atoms with Crippen LogP contribution in [0, 0.1) is 0 Å². The van der Waals surface area contributed by atoms with Crippen LogP contribution in [0.3, 0.4) is 0 Å². The van der Waals surface area contributed by atoms with E-state index in [0.717, 1.165) is 31.7 Å². The van der Waals surface area contributed by atoms with Crippen molar-refractivity contribution in [3.63, 3.8) is 0 Å². The number of nitrogens with one attached hydrogen (secondary N) is 2. The van der Waals surface area contributed by atoms with Crippen LogP contribution in [0.5, 0.6) is 5.75 Å². The monoisotopic (exact) mass is 435 g/mol. The van der Waals surface area contributed by atoms with Crippen molar-refractivity contribution in [2.75, 3.05) is 26.7 Å². The minimum atomic E-state index is -3.76. The predicted molar refractivity (Wildman–Crippen MR) is 113 cm³/mol. The summed E-state index contributed by atoms with van der Waals surface area (Å²) in [6.07, 6.45) is 3.25. The minimum absolute atomic E-state index is 0.0316. The zero-order valence-corrected chi connectivity index (χ0v) is 18.4. The maximum atomic E-state index is 12.8. The van der Waals surface area contributed by atoms with Crippen molar-refractivity contribution in [1.82, 2.24) is 14.9 Å². The lowest BCUT2D eigenvalue weighted by Gasteiger charge is -2.28. The molecule has 1 saturated carbocycles. The summed E-state index contributed by atoms with van der Waals surface area (Å²) in [6.45, 7) is 6.04. The molecule has 1 aromatic carbocycles. The van der Waals surface area contributed by atoms with Gasteiger partial charge in [-0.3, -0.25) is 9.69 Å². The fourth-order valence-electron chi connectivity index (χ4n) is 3.36. The number of rotatable bonds is 11. The summed E-state index contributed by atoms with van der Waals surface area (Å²) in [7, 11) is -2.36. The maximum Gasteiger partial charge on any atom is 0.251 e. The summed E-state index contributed by atoms with van der Waals surface area (Å²) in [6, 6.07) is 7.97. The Morgan fingerprint density at radius 2 is 2.00 bits per heavy atom. The van der Waals surface area contributed by atoms with E-state index in [-0.39, 0.29) is 34.2 Å². The van der Waals surface area contributed by atoms with Crippen LogP contribution in [-0.4, -0.2) is 52.0 Å². The highest BCUT2D eigenvalue weighted by Crippen LogP contribution is 2.28. The number of ether oxygens (including phenoxy) is 1. The molecule has 2 aromatic rings. The van der Waals surface area contributed by atoms with Crippen molar-refractivity contribution in [1.29, 1.82) is 0 Å². The molecule has 3 rings (SSSR count). The number of benzene rings is 1. The van der Waals surface area contributed by atoms with Crippen LogP contribution in [0.15, 0.2) is 45.9 Å². The fraction of sp³-hybridized carbons (Fsp3) is 0.476. The molecule has 0 bridgehead atoms. The van der Waals surface area contributed by atoms with Crippen molar-refractivity contribution in [2.24, 2.45) is 0 Å². The highest BCUT2D eigenvalue weighted by Gasteiger charge is 2.30. The smallest absolute Gasteiger partial charge is 0.251 e. The molecule has 30 heavy (non-hydrogen) atoms. The first-order chi connectivity index (χ1) is 14.4. The molecular formula is C21H29N3O5S. The Kier molecular flexibility index (Phi) is 7.17. The highest BCUT2D eigenvalue weighted by molar-refractivity contribution is 7.89. The Morgan fingerprint density at radius 3 is 2.57 bits per heavy atom. The van der Waals surface area contributed by atoms with Gasteiger partial charge in [-0.15, -0.1) is 0 Å². The van der Waals surface area contributed by atoms with Crippen molar-refractivity contribution in [2.45, 2.75) is 43.7 Å². The van der Waals surface area contributed by atoms with Gasteiger partial charge in [0, 0.05) is 18.2 Å². The summed E-state index contributed by atoms with van der Waals surface area (Å²) in [5.41, 5.74) is 0.254. The SMILES string of the molecule is CCN(CC)C(CNC(=O)c1ccc(OC)c(S(=O)(=O)NC2CC2)c1)c1ccco1. The first-order valence-corrected chi connectivity index (χ1v) is 11.6. The van der Waals surface area contributed by atoms with E-state index >= 15 is 0 Å². The predicted octanol–water partition coefficient (Wildman–Crippen LogP) is 2.54. The van der Waals surface area contributed by atoms with E-state index in [2.05, 4.69) is 28.8 Å². The Labute approximate surface area is 177 Å². The number of sulfonamides is 1. The molecule has 164 valence electrons. The van der Waals surface area contributed by atoms with Gasteiger partial charge in [-0.25, -0.2) is 13.1 Å². The Balaban J connectivity index is 1.78. The molecule has 8 nitrogen and oxygen atoms in total. The summed E-state index contributed by atoms with van der Waals surface area (Å²) in [5, 5.41) is 2.91. The number of nitrogens with zero attached hydrogens (tertiary/aromatic N) is 1. The van der Waals surface area contributed by atoms with E-state index in [9.17, 15) is 13.2 Å². The van der Waals surface area contributed by atoms with Crippen LogP contribution in [-0.2, 0) is 10.0 Å². The van der Waals surface area contributed by atoms with Gasteiger partial charge in [-0.05, 0) is 56.3 Å². The van der Waals surface area contributed by atoms with Gasteiger partial charge in [0.2, 0.25) is 10.0 Å². The molecule has 1 heterocycles. The molecule has 2 N–H and O–H groups in total. The maximum absolute atomic E-state index is 12.8. The first kappa shape index (κ1) is 22.3. The van der Waals surface area contributed by atoms with Crippen molar-refractivity contribution < 1.29 is 22.4 Å². The Morgan fingerprint density at radius 1 is 1.27 bits per heavy atom. The number of carbonyl (C=O) groups excluding carboxylic acids is 1. The molecule has 0 radical (unpaired) electrons. The lowest BCUT2D eigenvalue weighted by molar-refractivity contribution is 0.0929. The number of carbonyl (C=O) groups is 1. The van der Waals surface area contributed by atoms with Gasteiger partial charge in [-0.2, -0.15) is 0 Å². The van der Waals surface area contributed by atoms with Gasteiger partial charge in [0.05, 0.1) is 19.4 Å². The Hall–Kier alpha value is -2.36. The van der Waals surface area contributed by atoms with Crippen LogP contribution in [0.2, 0.25) is 0 Å². The van der Waals surface area contributed by atoms with Crippen LogP contribution in [0.25, 0.3) is 0 Å². The van der Waals surface area contributed by atoms with Crippen LogP contribution < -0.4 is 14.8 Å². The average molecular weight is 436 g/mol. The summed E-state index contributed by atoms with van der Waals surface area (Å²) in [4.78, 5) is 15.0. The molecule has 1 aromatic heterocycles. The van der Waals surface area contributed by atoms with Gasteiger partial charge in [0.1, 0.15) is 16.4 Å². The molecule has 1 aliphatic carbocycles. The van der Waals surface area contributed by atoms with E-state index in [1.54, 1.807) is 12.3 Å². The molecule has 1 aliphatic rings. The van der Waals surface area contributed by atoms with Gasteiger partial charge in [-0.1, -0.05) is 13.8 Å². The second-order valence-corrected chi connectivity index (χ2v) is 8.91. The molecule has 0 spiro atoms. The summed E-state index contributed by atoms with van der Waals surface area (Å²) < 4.78 is 38.8. The van der Waals surface area contributed by atoms with Crippen LogP contribution >= 0.6 is 0 Å². The number of hydrogen-bond donors (Lipinski definition) is 2. The second kappa shape index (κ2) is 9.63. The normalized spacial score (nSPS) is 15.2. The zero-order valence-electron chi connectivity index (χ0n) is 17.6. The molecular weight excluding hydrogens is 406 g/mol. The number of likely N-dealkylation sites (N-methyl/N-ethyl adjacent to an activating group) is 1. The van der Waals surface area contributed by atoms with Gasteiger partial charge >= 0.3 is 0 Å². The first-order valence-electron chi connectivity index (χ1n) is 10.2. The molecule has 1 amide bonds. The third-order valence-corrected chi connectivity index (χ3v) is 6.74. The van der Waals surface area contributed by atoms with Gasteiger partial charge in [0.25, 0.3) is 5.91 Å². The topological polar surface area (TPSA) is 101 Å². The quantitative estimate of drug-likeness (QED) is 0.563. The Bertz CT molecular complexity index is 951. The molecule has 1 fully saturated rings. The average Bonchev–Trinajstić information content (AvgIpc) is 3.37. The molecule has 1 unspecified atom stereocenters. The molecule has 1 atom stereocenters. The van der Waals surface area contributed by atoms with Crippen molar-refractivity contribution in [3.8, 4) is 5.75 Å². The summed E-state index contributed by atoms with van der Waals surface area (Å²) in [5.74, 6) is 0.617. The number of methoxy groups -OCH3 is 1. The number of amides is 1. The van der Waals surface area contributed by atoms with E-state index in [1.165, 1.54) is 19.2 Å². The van der Waals surface area contributed by atoms with E-state index < -0.39 is 10.0 Å². The fourth-order valence-corrected chi connectivity index (χ4v) is 4.86. The third-order valence-electron chi connectivity index (χ3n) is 5.20. The highest BCUT2D eigenvalue weighted by atomic mass is 32.2. The van der Waals surface area contributed by atoms with Crippen LogP contribution in [0.1, 0.15) is 48.8 Å². The molecule has 9 heteroatoms. The molecule has 0 aliphatic heterocycles.